The lowest BCUT2D eigenvalue weighted by Crippen LogP contribution is -2.27. The molecule has 1 atom stereocenters. The van der Waals surface area contributed by atoms with E-state index < -0.39 is 0 Å². The predicted molar refractivity (Wildman–Crippen MR) is 83.3 cm³/mol. The molecular weight excluding hydrogens is 353 g/mol. The van der Waals surface area contributed by atoms with Crippen molar-refractivity contribution in [1.29, 1.82) is 0 Å². The van der Waals surface area contributed by atoms with E-state index in [1.807, 2.05) is 6.07 Å². The van der Waals surface area contributed by atoms with Crippen LogP contribution in [0.4, 0.5) is 5.82 Å². The van der Waals surface area contributed by atoms with Gasteiger partial charge >= 0.3 is 0 Å². The van der Waals surface area contributed by atoms with E-state index in [0.717, 1.165) is 25.2 Å². The minimum Gasteiger partial charge on any atom is -0.348 e. The highest BCUT2D eigenvalue weighted by atomic mass is 127. The van der Waals surface area contributed by atoms with E-state index in [1.165, 1.54) is 11.9 Å². The van der Waals surface area contributed by atoms with Crippen molar-refractivity contribution in [2.24, 2.45) is 0 Å². The number of anilines is 1. The van der Waals surface area contributed by atoms with E-state index in [-0.39, 0.29) is 5.56 Å². The largest absolute Gasteiger partial charge is 0.348 e. The van der Waals surface area contributed by atoms with Gasteiger partial charge in [-0.3, -0.25) is 4.79 Å². The standard InChI is InChI=1S/C14H14IN3O/c15-12-13(16-9-17-14(12)19)18-8-4-7-11(18)10-5-2-1-3-6-10/h1-3,5-6,9,11H,4,7-8H2,(H,16,17,19). The van der Waals surface area contributed by atoms with Crippen molar-refractivity contribution in [3.05, 3.63) is 56.1 Å². The second-order valence-corrected chi connectivity index (χ2v) is 5.71. The zero-order chi connectivity index (χ0) is 13.2. The van der Waals surface area contributed by atoms with Crippen LogP contribution in [0.5, 0.6) is 0 Å². The summed E-state index contributed by atoms with van der Waals surface area (Å²) in [6.45, 7) is 0.950. The molecule has 1 aliphatic heterocycles. The van der Waals surface area contributed by atoms with Crippen LogP contribution in [0, 0.1) is 3.57 Å². The fourth-order valence-corrected chi connectivity index (χ4v) is 3.22. The summed E-state index contributed by atoms with van der Waals surface area (Å²) < 4.78 is 0.669. The molecule has 0 bridgehead atoms. The smallest absolute Gasteiger partial charge is 0.266 e. The van der Waals surface area contributed by atoms with Crippen molar-refractivity contribution in [3.8, 4) is 0 Å². The first kappa shape index (κ1) is 12.7. The van der Waals surface area contributed by atoms with Crippen molar-refractivity contribution < 1.29 is 0 Å². The Hall–Kier alpha value is -1.37. The molecule has 1 N–H and O–H groups in total. The van der Waals surface area contributed by atoms with Crippen LogP contribution in [-0.2, 0) is 0 Å². The lowest BCUT2D eigenvalue weighted by molar-refractivity contribution is 0.708. The number of nitrogens with one attached hydrogen (secondary N) is 1. The van der Waals surface area contributed by atoms with Gasteiger partial charge in [-0.2, -0.15) is 0 Å². The number of aromatic nitrogens is 2. The highest BCUT2D eigenvalue weighted by Crippen LogP contribution is 2.35. The zero-order valence-electron chi connectivity index (χ0n) is 10.3. The third-order valence-electron chi connectivity index (χ3n) is 3.49. The second-order valence-electron chi connectivity index (χ2n) is 4.63. The van der Waals surface area contributed by atoms with Crippen LogP contribution in [0.3, 0.4) is 0 Å². The van der Waals surface area contributed by atoms with Gasteiger partial charge in [0.25, 0.3) is 5.56 Å². The Balaban J connectivity index is 2.00. The van der Waals surface area contributed by atoms with E-state index in [2.05, 4.69) is 61.7 Å². The van der Waals surface area contributed by atoms with Gasteiger partial charge in [0.05, 0.1) is 12.4 Å². The number of aromatic amines is 1. The molecule has 0 radical (unpaired) electrons. The molecule has 1 aliphatic rings. The van der Waals surface area contributed by atoms with Gasteiger partial charge in [-0.05, 0) is 41.0 Å². The number of rotatable bonds is 2. The summed E-state index contributed by atoms with van der Waals surface area (Å²) in [5.41, 5.74) is 1.22. The first-order valence-electron chi connectivity index (χ1n) is 6.32. The molecule has 3 rings (SSSR count). The fourth-order valence-electron chi connectivity index (χ4n) is 2.62. The van der Waals surface area contributed by atoms with E-state index in [9.17, 15) is 4.79 Å². The summed E-state index contributed by atoms with van der Waals surface area (Å²) in [7, 11) is 0. The van der Waals surface area contributed by atoms with E-state index in [4.69, 9.17) is 0 Å². The molecule has 19 heavy (non-hydrogen) atoms. The average Bonchev–Trinajstić information content (AvgIpc) is 2.92. The van der Waals surface area contributed by atoms with Crippen LogP contribution in [0.25, 0.3) is 0 Å². The van der Waals surface area contributed by atoms with Crippen LogP contribution in [0.15, 0.2) is 41.5 Å². The van der Waals surface area contributed by atoms with E-state index in [1.54, 1.807) is 0 Å². The minimum absolute atomic E-state index is 0.0655. The van der Waals surface area contributed by atoms with Gasteiger partial charge < -0.3 is 9.88 Å². The Kier molecular flexibility index (Phi) is 3.54. The van der Waals surface area contributed by atoms with Crippen LogP contribution in [0.2, 0.25) is 0 Å². The lowest BCUT2D eigenvalue weighted by Gasteiger charge is -2.26. The summed E-state index contributed by atoms with van der Waals surface area (Å²) in [6, 6.07) is 10.7. The predicted octanol–water partition coefficient (Wildman–Crippen LogP) is 2.72. The summed E-state index contributed by atoms with van der Waals surface area (Å²) >= 11 is 2.08. The van der Waals surface area contributed by atoms with Crippen molar-refractivity contribution in [2.45, 2.75) is 18.9 Å². The van der Waals surface area contributed by atoms with Gasteiger partial charge in [-0.1, -0.05) is 30.3 Å². The average molecular weight is 367 g/mol. The maximum atomic E-state index is 11.7. The number of H-pyrrole nitrogens is 1. The van der Waals surface area contributed by atoms with Gasteiger partial charge in [0.1, 0.15) is 9.39 Å². The van der Waals surface area contributed by atoms with E-state index in [0.29, 0.717) is 9.61 Å². The third-order valence-corrected chi connectivity index (χ3v) is 4.46. The van der Waals surface area contributed by atoms with Crippen LogP contribution < -0.4 is 10.5 Å². The van der Waals surface area contributed by atoms with E-state index >= 15 is 0 Å². The third kappa shape index (κ3) is 2.39. The highest BCUT2D eigenvalue weighted by Gasteiger charge is 2.28. The highest BCUT2D eigenvalue weighted by molar-refractivity contribution is 14.1. The van der Waals surface area contributed by atoms with Crippen molar-refractivity contribution >= 4 is 28.4 Å². The fraction of sp³-hybridized carbons (Fsp3) is 0.286. The van der Waals surface area contributed by atoms with Crippen molar-refractivity contribution in [2.75, 3.05) is 11.4 Å². The maximum Gasteiger partial charge on any atom is 0.266 e. The van der Waals surface area contributed by atoms with Crippen LogP contribution in [0.1, 0.15) is 24.4 Å². The normalized spacial score (nSPS) is 18.8. The molecule has 5 heteroatoms. The number of nitrogens with zero attached hydrogens (tertiary/aromatic N) is 2. The molecule has 0 saturated carbocycles. The monoisotopic (exact) mass is 367 g/mol. The molecule has 1 aromatic carbocycles. The molecular formula is C14H14IN3O. The molecule has 98 valence electrons. The molecule has 1 saturated heterocycles. The van der Waals surface area contributed by atoms with Crippen LogP contribution in [-0.4, -0.2) is 16.5 Å². The number of halogens is 1. The topological polar surface area (TPSA) is 49.0 Å². The molecule has 0 spiro atoms. The number of hydrogen-bond donors (Lipinski definition) is 1. The van der Waals surface area contributed by atoms with Crippen molar-refractivity contribution in [3.63, 3.8) is 0 Å². The van der Waals surface area contributed by atoms with Crippen LogP contribution >= 0.6 is 22.6 Å². The van der Waals surface area contributed by atoms with Gasteiger partial charge in [0.2, 0.25) is 0 Å². The molecule has 0 aliphatic carbocycles. The Labute approximate surface area is 125 Å². The molecule has 1 unspecified atom stereocenters. The summed E-state index contributed by atoms with van der Waals surface area (Å²) in [5, 5.41) is 0. The molecule has 1 fully saturated rings. The number of hydrogen-bond acceptors (Lipinski definition) is 3. The van der Waals surface area contributed by atoms with Gasteiger partial charge in [-0.15, -0.1) is 0 Å². The Bertz CT molecular complexity index is 626. The lowest BCUT2D eigenvalue weighted by atomic mass is 10.0. The molecule has 2 aromatic rings. The SMILES string of the molecule is O=c1[nH]cnc(N2CCCC2c2ccccc2)c1I. The Morgan fingerprint density at radius 1 is 1.32 bits per heavy atom. The molecule has 4 nitrogen and oxygen atoms in total. The minimum atomic E-state index is -0.0655. The van der Waals surface area contributed by atoms with Gasteiger partial charge in [-0.25, -0.2) is 4.98 Å². The quantitative estimate of drug-likeness (QED) is 0.831. The molecule has 0 amide bonds. The van der Waals surface area contributed by atoms with Gasteiger partial charge in [0.15, 0.2) is 0 Å². The summed E-state index contributed by atoms with van der Waals surface area (Å²) in [4.78, 5) is 20.9. The Morgan fingerprint density at radius 2 is 2.11 bits per heavy atom. The summed E-state index contributed by atoms with van der Waals surface area (Å²) in [6.07, 6.45) is 3.72. The first-order valence-corrected chi connectivity index (χ1v) is 7.40. The first-order chi connectivity index (χ1) is 9.27. The maximum absolute atomic E-state index is 11.7. The molecule has 2 heterocycles. The number of benzene rings is 1. The van der Waals surface area contributed by atoms with Gasteiger partial charge in [0, 0.05) is 6.54 Å². The second kappa shape index (κ2) is 5.32. The zero-order valence-corrected chi connectivity index (χ0v) is 12.5. The Morgan fingerprint density at radius 3 is 2.89 bits per heavy atom. The molecule has 1 aromatic heterocycles. The summed E-state index contributed by atoms with van der Waals surface area (Å²) in [5.74, 6) is 0.802. The van der Waals surface area contributed by atoms with Crippen molar-refractivity contribution in [1.82, 2.24) is 9.97 Å².